The number of aldehydes is 1. The van der Waals surface area contributed by atoms with Gasteiger partial charge >= 0.3 is 0 Å². The van der Waals surface area contributed by atoms with E-state index in [-0.39, 0.29) is 10.6 Å². The van der Waals surface area contributed by atoms with E-state index in [9.17, 15) is 23.3 Å². The summed E-state index contributed by atoms with van der Waals surface area (Å²) in [6.07, 6.45) is -0.497. The van der Waals surface area contributed by atoms with Crippen LogP contribution in [0.15, 0.2) is 89.8 Å². The number of carbonyl (C=O) groups is 1. The van der Waals surface area contributed by atoms with Crippen LogP contribution in [0.4, 0.5) is 5.69 Å². The van der Waals surface area contributed by atoms with Crippen LogP contribution in [-0.2, 0) is 30.0 Å². The van der Waals surface area contributed by atoms with Gasteiger partial charge in [0.25, 0.3) is 15.7 Å². The van der Waals surface area contributed by atoms with Gasteiger partial charge in [-0.05, 0) is 17.7 Å². The zero-order valence-corrected chi connectivity index (χ0v) is 18.8. The van der Waals surface area contributed by atoms with E-state index in [1.807, 2.05) is 0 Å². The van der Waals surface area contributed by atoms with Crippen molar-refractivity contribution in [1.82, 2.24) is 9.84 Å². The number of ether oxygens (including phenoxy) is 2. The number of nitro benzene ring substituents is 1. The highest BCUT2D eigenvalue weighted by atomic mass is 32.2. The van der Waals surface area contributed by atoms with Crippen LogP contribution in [0.3, 0.4) is 0 Å². The largest absolute Gasteiger partial charge is 0.354 e. The summed E-state index contributed by atoms with van der Waals surface area (Å²) in [4.78, 5) is 25.2. The Morgan fingerprint density at radius 1 is 1.03 bits per heavy atom. The Bertz CT molecular complexity index is 1270. The van der Waals surface area contributed by atoms with E-state index < -0.39 is 33.0 Å². The molecule has 0 unspecified atom stereocenters. The molecule has 34 heavy (non-hydrogen) atoms. The molecule has 0 aliphatic carbocycles. The number of methoxy groups -OCH3 is 1. The van der Waals surface area contributed by atoms with Gasteiger partial charge in [0.2, 0.25) is 5.72 Å². The van der Waals surface area contributed by atoms with Gasteiger partial charge in [0, 0.05) is 24.8 Å². The molecule has 0 saturated carbocycles. The number of hydrogen-bond donors (Lipinski definition) is 1. The minimum absolute atomic E-state index is 0.223. The van der Waals surface area contributed by atoms with Crippen molar-refractivity contribution in [2.75, 3.05) is 7.11 Å². The molecule has 3 atom stereocenters. The topological polar surface area (TPSA) is 128 Å². The quantitative estimate of drug-likeness (QED) is 0.294. The molecule has 3 aromatic rings. The molecule has 0 spiro atoms. The van der Waals surface area contributed by atoms with Gasteiger partial charge in [0.1, 0.15) is 6.04 Å². The first-order chi connectivity index (χ1) is 16.3. The van der Waals surface area contributed by atoms with Crippen molar-refractivity contribution in [3.8, 4) is 0 Å². The number of nitrogens with one attached hydrogen (secondary N) is 1. The fourth-order valence-electron chi connectivity index (χ4n) is 3.85. The predicted octanol–water partition coefficient (Wildman–Crippen LogP) is 2.89. The number of carbonyl (C=O) groups excluding carboxylic acids is 1. The van der Waals surface area contributed by atoms with Crippen molar-refractivity contribution in [2.45, 2.75) is 23.0 Å². The number of hydrazine groups is 1. The van der Waals surface area contributed by atoms with Gasteiger partial charge in [-0.2, -0.15) is 5.01 Å². The number of sulfonamides is 1. The molecule has 10 nitrogen and oxygen atoms in total. The fraction of sp³-hybridized carbons (Fsp3) is 0.174. The summed E-state index contributed by atoms with van der Waals surface area (Å²) < 4.78 is 38.3. The third kappa shape index (κ3) is 4.22. The highest BCUT2D eigenvalue weighted by molar-refractivity contribution is 7.89. The molecule has 0 aromatic heterocycles. The Morgan fingerprint density at radius 3 is 2.15 bits per heavy atom. The molecule has 1 fully saturated rings. The summed E-state index contributed by atoms with van der Waals surface area (Å²) in [7, 11) is -2.89. The van der Waals surface area contributed by atoms with Gasteiger partial charge in [-0.1, -0.05) is 60.7 Å². The molecule has 1 N–H and O–H groups in total. The smallest absolute Gasteiger partial charge is 0.269 e. The van der Waals surface area contributed by atoms with Gasteiger partial charge < -0.3 is 9.47 Å². The first-order valence-corrected chi connectivity index (χ1v) is 11.6. The van der Waals surface area contributed by atoms with E-state index in [2.05, 4.69) is 4.83 Å². The van der Waals surface area contributed by atoms with Crippen molar-refractivity contribution in [3.05, 3.63) is 106 Å². The van der Waals surface area contributed by atoms with Crippen LogP contribution in [0.5, 0.6) is 0 Å². The minimum atomic E-state index is -4.29. The van der Waals surface area contributed by atoms with E-state index in [1.54, 1.807) is 60.7 Å². The van der Waals surface area contributed by atoms with E-state index in [4.69, 9.17) is 9.47 Å². The Labute approximate surface area is 195 Å². The maximum Gasteiger partial charge on any atom is 0.269 e. The highest BCUT2D eigenvalue weighted by Gasteiger charge is 2.57. The molecule has 0 amide bonds. The van der Waals surface area contributed by atoms with Crippen molar-refractivity contribution >= 4 is 22.0 Å². The van der Waals surface area contributed by atoms with Gasteiger partial charge in [-0.3, -0.25) is 14.9 Å². The summed E-state index contributed by atoms with van der Waals surface area (Å²) in [5.74, 6) is 0. The number of nitrogens with zero attached hydrogens (tertiary/aromatic N) is 2. The van der Waals surface area contributed by atoms with Crippen LogP contribution in [-0.4, -0.2) is 38.0 Å². The fourth-order valence-corrected chi connectivity index (χ4v) is 4.96. The SMILES string of the molecule is CO[C@@H]1O[C@](C=O)(c2ccccc2)N(NS(=O)(=O)c2ccc([N+](=O)[O-])cc2)[C@H]1c1ccccc1. The van der Waals surface area contributed by atoms with E-state index >= 15 is 0 Å². The molecule has 1 saturated heterocycles. The van der Waals surface area contributed by atoms with Gasteiger partial charge in [0.05, 0.1) is 9.82 Å². The molecule has 4 rings (SSSR count). The first kappa shape index (κ1) is 23.7. The number of hydrogen-bond acceptors (Lipinski definition) is 8. The summed E-state index contributed by atoms with van der Waals surface area (Å²) in [6, 6.07) is 20.9. The van der Waals surface area contributed by atoms with Crippen LogP contribution < -0.4 is 4.83 Å². The molecule has 1 aliphatic rings. The summed E-state index contributed by atoms with van der Waals surface area (Å²) >= 11 is 0. The van der Waals surface area contributed by atoms with Crippen LogP contribution >= 0.6 is 0 Å². The van der Waals surface area contributed by atoms with Crippen LogP contribution in [0.25, 0.3) is 0 Å². The molecule has 11 heteroatoms. The predicted molar refractivity (Wildman–Crippen MR) is 121 cm³/mol. The third-order valence-electron chi connectivity index (χ3n) is 5.49. The lowest BCUT2D eigenvalue weighted by Gasteiger charge is -2.34. The summed E-state index contributed by atoms with van der Waals surface area (Å²) in [5.41, 5.74) is -1.08. The first-order valence-electron chi connectivity index (χ1n) is 10.2. The highest BCUT2D eigenvalue weighted by Crippen LogP contribution is 2.45. The molecule has 3 aromatic carbocycles. The Morgan fingerprint density at radius 2 is 1.62 bits per heavy atom. The lowest BCUT2D eigenvalue weighted by Crippen LogP contribution is -2.54. The van der Waals surface area contributed by atoms with E-state index in [0.29, 0.717) is 17.4 Å². The standard InChI is InChI=1S/C23H21N3O7S/c1-32-22-21(17-8-4-2-5-9-17)25(23(16-27,33-22)18-10-6-3-7-11-18)24-34(30,31)20-14-12-19(13-15-20)26(28)29/h2-16,21-22,24H,1H3/t21-,22+,23+/m0/s1. The second-order valence-electron chi connectivity index (χ2n) is 7.47. The maximum atomic E-state index is 13.3. The Balaban J connectivity index is 1.84. The average Bonchev–Trinajstić information content (AvgIpc) is 3.18. The van der Waals surface area contributed by atoms with E-state index in [0.717, 1.165) is 24.3 Å². The normalized spacial score (nSPS) is 23.0. The molecular formula is C23H21N3O7S. The van der Waals surface area contributed by atoms with Crippen LogP contribution in [0.1, 0.15) is 17.2 Å². The van der Waals surface area contributed by atoms with Crippen molar-refractivity contribution in [1.29, 1.82) is 0 Å². The zero-order chi connectivity index (χ0) is 24.3. The number of non-ortho nitro benzene ring substituents is 1. The van der Waals surface area contributed by atoms with Gasteiger partial charge in [0.15, 0.2) is 12.6 Å². The van der Waals surface area contributed by atoms with Crippen molar-refractivity contribution < 1.29 is 27.6 Å². The molecule has 1 aliphatic heterocycles. The van der Waals surface area contributed by atoms with Crippen LogP contribution in [0, 0.1) is 10.1 Å². The number of rotatable bonds is 8. The lowest BCUT2D eigenvalue weighted by molar-refractivity contribution is -0.384. The van der Waals surface area contributed by atoms with Gasteiger partial charge in [-0.25, -0.2) is 8.42 Å². The number of benzene rings is 3. The second-order valence-corrected chi connectivity index (χ2v) is 9.13. The molecule has 0 radical (unpaired) electrons. The Kier molecular flexibility index (Phi) is 6.55. The van der Waals surface area contributed by atoms with E-state index in [1.165, 1.54) is 12.1 Å². The molecule has 176 valence electrons. The maximum absolute atomic E-state index is 13.3. The third-order valence-corrected chi connectivity index (χ3v) is 6.82. The Hall–Kier alpha value is -3.48. The lowest BCUT2D eigenvalue weighted by atomic mass is 10.0. The monoisotopic (exact) mass is 483 g/mol. The molecule has 1 heterocycles. The molecular weight excluding hydrogens is 462 g/mol. The molecule has 0 bridgehead atoms. The summed E-state index contributed by atoms with van der Waals surface area (Å²) in [6.45, 7) is 0. The van der Waals surface area contributed by atoms with Gasteiger partial charge in [-0.15, -0.1) is 4.83 Å². The minimum Gasteiger partial charge on any atom is -0.354 e. The zero-order valence-electron chi connectivity index (χ0n) is 18.0. The average molecular weight is 484 g/mol. The number of nitro groups is 1. The summed E-state index contributed by atoms with van der Waals surface area (Å²) in [5, 5.41) is 12.2. The van der Waals surface area contributed by atoms with Crippen LogP contribution in [0.2, 0.25) is 0 Å². The van der Waals surface area contributed by atoms with Crippen molar-refractivity contribution in [2.24, 2.45) is 0 Å². The second kappa shape index (κ2) is 9.41. The van der Waals surface area contributed by atoms with Crippen molar-refractivity contribution in [3.63, 3.8) is 0 Å².